The first-order valence-corrected chi connectivity index (χ1v) is 5.02. The quantitative estimate of drug-likeness (QED) is 0.667. The number of nitrogens with zero attached hydrogens (tertiary/aromatic N) is 1. The van der Waals surface area contributed by atoms with E-state index in [0.717, 1.165) is 19.5 Å². The molecule has 0 fully saturated rings. The molecule has 0 aliphatic heterocycles. The number of amides is 2. The van der Waals surface area contributed by atoms with Crippen LogP contribution in [0.5, 0.6) is 0 Å². The Labute approximate surface area is 87.0 Å². The van der Waals surface area contributed by atoms with Crippen LogP contribution in [0.15, 0.2) is 0 Å². The zero-order valence-electron chi connectivity index (χ0n) is 9.98. The summed E-state index contributed by atoms with van der Waals surface area (Å²) in [7, 11) is 4.05. The van der Waals surface area contributed by atoms with Gasteiger partial charge in [-0.3, -0.25) is 0 Å². The van der Waals surface area contributed by atoms with Gasteiger partial charge in [-0.05, 0) is 47.8 Å². The van der Waals surface area contributed by atoms with Crippen molar-refractivity contribution in [2.24, 2.45) is 0 Å². The van der Waals surface area contributed by atoms with Crippen LogP contribution in [0.2, 0.25) is 0 Å². The lowest BCUT2D eigenvalue weighted by Gasteiger charge is -2.20. The summed E-state index contributed by atoms with van der Waals surface area (Å²) in [6.45, 7) is 7.61. The van der Waals surface area contributed by atoms with Crippen molar-refractivity contribution in [2.45, 2.75) is 32.7 Å². The fraction of sp³-hybridized carbons (Fsp3) is 0.900. The van der Waals surface area contributed by atoms with E-state index < -0.39 is 0 Å². The third-order valence-electron chi connectivity index (χ3n) is 1.56. The Morgan fingerprint density at radius 1 is 1.29 bits per heavy atom. The van der Waals surface area contributed by atoms with Gasteiger partial charge in [0.1, 0.15) is 0 Å². The van der Waals surface area contributed by atoms with E-state index in [1.165, 1.54) is 0 Å². The van der Waals surface area contributed by atoms with E-state index in [1.807, 2.05) is 34.9 Å². The summed E-state index contributed by atoms with van der Waals surface area (Å²) in [5.41, 5.74) is -0.161. The highest BCUT2D eigenvalue weighted by molar-refractivity contribution is 5.74. The molecule has 0 aromatic heterocycles. The van der Waals surface area contributed by atoms with Crippen molar-refractivity contribution >= 4 is 6.03 Å². The summed E-state index contributed by atoms with van der Waals surface area (Å²) >= 11 is 0. The average Bonchev–Trinajstić information content (AvgIpc) is 1.94. The first kappa shape index (κ1) is 13.2. The molecule has 4 nitrogen and oxygen atoms in total. The molecule has 0 radical (unpaired) electrons. The molecule has 0 rings (SSSR count). The summed E-state index contributed by atoms with van der Waals surface area (Å²) in [4.78, 5) is 13.4. The number of nitrogens with one attached hydrogen (secondary N) is 2. The highest BCUT2D eigenvalue weighted by Crippen LogP contribution is 1.97. The zero-order valence-corrected chi connectivity index (χ0v) is 9.98. The Bertz CT molecular complexity index is 173. The summed E-state index contributed by atoms with van der Waals surface area (Å²) in [5, 5.41) is 5.66. The van der Waals surface area contributed by atoms with E-state index in [1.54, 1.807) is 0 Å². The second-order valence-electron chi connectivity index (χ2n) is 4.79. The van der Waals surface area contributed by atoms with Gasteiger partial charge in [0.15, 0.2) is 0 Å². The number of carbonyl (C=O) groups excluding carboxylic acids is 1. The summed E-state index contributed by atoms with van der Waals surface area (Å²) in [5.74, 6) is 0. The molecule has 4 heteroatoms. The molecule has 0 spiro atoms. The minimum atomic E-state index is -0.161. The Hall–Kier alpha value is -0.770. The third kappa shape index (κ3) is 9.32. The predicted molar refractivity (Wildman–Crippen MR) is 59.5 cm³/mol. The molecule has 0 saturated carbocycles. The lowest BCUT2D eigenvalue weighted by Crippen LogP contribution is -2.46. The number of carbonyl (C=O) groups is 1. The smallest absolute Gasteiger partial charge is 0.315 e. The van der Waals surface area contributed by atoms with Crippen molar-refractivity contribution < 1.29 is 4.79 Å². The van der Waals surface area contributed by atoms with Crippen molar-refractivity contribution in [3.8, 4) is 0 Å². The van der Waals surface area contributed by atoms with Crippen LogP contribution in [-0.4, -0.2) is 43.7 Å². The molecule has 14 heavy (non-hydrogen) atoms. The molecule has 2 N–H and O–H groups in total. The van der Waals surface area contributed by atoms with E-state index >= 15 is 0 Å². The van der Waals surface area contributed by atoms with Crippen molar-refractivity contribution in [1.82, 2.24) is 15.5 Å². The fourth-order valence-corrected chi connectivity index (χ4v) is 0.982. The van der Waals surface area contributed by atoms with Gasteiger partial charge in [-0.25, -0.2) is 4.79 Å². The van der Waals surface area contributed by atoms with Gasteiger partial charge in [-0.1, -0.05) is 0 Å². The van der Waals surface area contributed by atoms with Gasteiger partial charge in [0.25, 0.3) is 0 Å². The van der Waals surface area contributed by atoms with Crippen LogP contribution in [-0.2, 0) is 0 Å². The van der Waals surface area contributed by atoms with Crippen molar-refractivity contribution in [3.05, 3.63) is 0 Å². The van der Waals surface area contributed by atoms with Gasteiger partial charge in [0.2, 0.25) is 0 Å². The van der Waals surface area contributed by atoms with Crippen molar-refractivity contribution in [2.75, 3.05) is 27.2 Å². The van der Waals surface area contributed by atoms with Gasteiger partial charge in [0.05, 0.1) is 0 Å². The maximum absolute atomic E-state index is 11.3. The maximum atomic E-state index is 11.3. The standard InChI is InChI=1S/C10H23N3O/c1-10(2,3)12-9(14)11-7-6-8-13(4)5/h6-8H2,1-5H3,(H2,11,12,14). The van der Waals surface area contributed by atoms with Crippen LogP contribution >= 0.6 is 0 Å². The number of hydrogen-bond donors (Lipinski definition) is 2. The number of urea groups is 1. The van der Waals surface area contributed by atoms with Crippen LogP contribution < -0.4 is 10.6 Å². The monoisotopic (exact) mass is 201 g/mol. The first-order valence-electron chi connectivity index (χ1n) is 5.02. The van der Waals surface area contributed by atoms with Gasteiger partial charge in [0, 0.05) is 12.1 Å². The Morgan fingerprint density at radius 2 is 1.86 bits per heavy atom. The van der Waals surface area contributed by atoms with E-state index in [4.69, 9.17) is 0 Å². The zero-order chi connectivity index (χ0) is 11.2. The summed E-state index contributed by atoms with van der Waals surface area (Å²) < 4.78 is 0. The van der Waals surface area contributed by atoms with Crippen LogP contribution in [0, 0.1) is 0 Å². The molecule has 0 bridgehead atoms. The molecule has 0 atom stereocenters. The molecule has 0 aromatic carbocycles. The third-order valence-corrected chi connectivity index (χ3v) is 1.56. The summed E-state index contributed by atoms with van der Waals surface area (Å²) in [6, 6.07) is -0.0868. The molecule has 0 heterocycles. The van der Waals surface area contributed by atoms with E-state index in [-0.39, 0.29) is 11.6 Å². The van der Waals surface area contributed by atoms with Crippen LogP contribution in [0.3, 0.4) is 0 Å². The molecule has 0 aliphatic rings. The molecule has 0 saturated heterocycles. The second kappa shape index (κ2) is 5.86. The topological polar surface area (TPSA) is 44.4 Å². The normalized spacial score (nSPS) is 11.6. The molecule has 0 aliphatic carbocycles. The van der Waals surface area contributed by atoms with Gasteiger partial charge in [-0.2, -0.15) is 0 Å². The van der Waals surface area contributed by atoms with Crippen LogP contribution in [0.1, 0.15) is 27.2 Å². The first-order chi connectivity index (χ1) is 6.31. The van der Waals surface area contributed by atoms with Gasteiger partial charge in [-0.15, -0.1) is 0 Å². The van der Waals surface area contributed by atoms with Gasteiger partial charge < -0.3 is 15.5 Å². The van der Waals surface area contributed by atoms with E-state index in [9.17, 15) is 4.79 Å². The van der Waals surface area contributed by atoms with E-state index in [0.29, 0.717) is 0 Å². The molecule has 2 amide bonds. The fourth-order valence-electron chi connectivity index (χ4n) is 0.982. The molecular formula is C10H23N3O. The Kier molecular flexibility index (Phi) is 5.53. The maximum Gasteiger partial charge on any atom is 0.315 e. The largest absolute Gasteiger partial charge is 0.338 e. The molecule has 0 aromatic rings. The highest BCUT2D eigenvalue weighted by Gasteiger charge is 2.12. The lowest BCUT2D eigenvalue weighted by molar-refractivity contribution is 0.231. The Balaban J connectivity index is 3.46. The van der Waals surface area contributed by atoms with Gasteiger partial charge >= 0.3 is 6.03 Å². The number of hydrogen-bond acceptors (Lipinski definition) is 2. The van der Waals surface area contributed by atoms with Crippen LogP contribution in [0.4, 0.5) is 4.79 Å². The minimum absolute atomic E-state index is 0.0868. The van der Waals surface area contributed by atoms with Crippen molar-refractivity contribution in [3.63, 3.8) is 0 Å². The SMILES string of the molecule is CN(C)CCCNC(=O)NC(C)(C)C. The Morgan fingerprint density at radius 3 is 2.29 bits per heavy atom. The molecular weight excluding hydrogens is 178 g/mol. The average molecular weight is 201 g/mol. The predicted octanol–water partition coefficient (Wildman–Crippen LogP) is 1.04. The lowest BCUT2D eigenvalue weighted by atomic mass is 10.1. The van der Waals surface area contributed by atoms with E-state index in [2.05, 4.69) is 15.5 Å². The molecule has 84 valence electrons. The number of rotatable bonds is 4. The minimum Gasteiger partial charge on any atom is -0.338 e. The van der Waals surface area contributed by atoms with Crippen LogP contribution in [0.25, 0.3) is 0 Å². The second-order valence-corrected chi connectivity index (χ2v) is 4.79. The highest BCUT2D eigenvalue weighted by atomic mass is 16.2. The molecule has 0 unspecified atom stereocenters. The van der Waals surface area contributed by atoms with Crippen molar-refractivity contribution in [1.29, 1.82) is 0 Å². The summed E-state index contributed by atoms with van der Waals surface area (Å²) in [6.07, 6.45) is 0.977.